The van der Waals surface area contributed by atoms with Gasteiger partial charge in [0.05, 0.1) is 12.1 Å². The van der Waals surface area contributed by atoms with Crippen LogP contribution in [-0.4, -0.2) is 62.0 Å². The molecule has 0 N–H and O–H groups in total. The molecule has 0 radical (unpaired) electrons. The van der Waals surface area contributed by atoms with Crippen molar-refractivity contribution >= 4 is 25.4 Å². The third-order valence-corrected chi connectivity index (χ3v) is 15.5. The highest BCUT2D eigenvalue weighted by Crippen LogP contribution is 2.49. The van der Waals surface area contributed by atoms with Crippen LogP contribution >= 0.6 is 11.3 Å². The third-order valence-electron chi connectivity index (χ3n) is 9.16. The van der Waals surface area contributed by atoms with Gasteiger partial charge in [-0.3, -0.25) is 9.88 Å². The van der Waals surface area contributed by atoms with Gasteiger partial charge in [0.1, 0.15) is 5.82 Å². The van der Waals surface area contributed by atoms with Crippen LogP contribution in [-0.2, 0) is 4.74 Å². The molecule has 186 valence electrons. The Morgan fingerprint density at radius 2 is 1.85 bits per heavy atom. The topological polar surface area (TPSA) is 41.5 Å². The summed E-state index contributed by atoms with van der Waals surface area (Å²) in [6.07, 6.45) is 10.6. The van der Waals surface area contributed by atoms with Crippen LogP contribution in [0.15, 0.2) is 24.0 Å². The van der Waals surface area contributed by atoms with Gasteiger partial charge in [-0.1, -0.05) is 33.9 Å². The minimum atomic E-state index is -1.73. The lowest BCUT2D eigenvalue weighted by molar-refractivity contribution is 0.118. The van der Waals surface area contributed by atoms with Crippen molar-refractivity contribution in [3.8, 4) is 0 Å². The summed E-state index contributed by atoms with van der Waals surface area (Å²) >= 11 is 1.80. The van der Waals surface area contributed by atoms with E-state index in [9.17, 15) is 0 Å². The van der Waals surface area contributed by atoms with E-state index in [4.69, 9.17) is 9.72 Å². The Balaban J connectivity index is 1.38. The molecule has 1 atom stereocenters. The van der Waals surface area contributed by atoms with E-state index in [1.807, 2.05) is 5.51 Å². The summed E-state index contributed by atoms with van der Waals surface area (Å²) < 4.78 is 8.39. The number of rotatable bonds is 4. The fourth-order valence-corrected chi connectivity index (χ4v) is 8.90. The first-order chi connectivity index (χ1) is 16.3. The molecule has 1 aliphatic carbocycles. The molecule has 34 heavy (non-hydrogen) atoms. The molecule has 5 nitrogen and oxygen atoms in total. The lowest BCUT2D eigenvalue weighted by atomic mass is 9.81. The normalized spacial score (nSPS) is 27.0. The predicted octanol–water partition coefficient (Wildman–Crippen LogP) is 6.24. The summed E-state index contributed by atoms with van der Waals surface area (Å²) in [5.74, 6) is 2.28. The molecular weight excluding hydrogens is 456 g/mol. The summed E-state index contributed by atoms with van der Waals surface area (Å²) in [7, 11) is -1.73. The van der Waals surface area contributed by atoms with Crippen LogP contribution in [0.25, 0.3) is 0 Å². The largest absolute Gasteiger partial charge is 0.381 e. The molecule has 1 unspecified atom stereocenters. The molecule has 7 heteroatoms. The van der Waals surface area contributed by atoms with E-state index >= 15 is 0 Å². The van der Waals surface area contributed by atoms with Crippen molar-refractivity contribution in [3.05, 3.63) is 40.0 Å². The zero-order valence-electron chi connectivity index (χ0n) is 21.7. The van der Waals surface area contributed by atoms with Crippen LogP contribution in [0.3, 0.4) is 0 Å². The first kappa shape index (κ1) is 24.4. The lowest BCUT2D eigenvalue weighted by Gasteiger charge is -2.45. The zero-order valence-corrected chi connectivity index (χ0v) is 23.5. The van der Waals surface area contributed by atoms with Gasteiger partial charge in [-0.2, -0.15) is 0 Å². The average molecular weight is 499 g/mol. The minimum absolute atomic E-state index is 0.282. The Morgan fingerprint density at radius 3 is 2.56 bits per heavy atom. The van der Waals surface area contributed by atoms with Crippen LogP contribution in [0.4, 0.5) is 5.82 Å². The SMILES string of the molecule is CC(C)(C)[Si](C)(C)N1CC(c2cncs2)c2cc(C3CCC(N4CCCOCC4)CC3)cnc21. The molecule has 5 rings (SSSR count). The molecule has 2 aliphatic heterocycles. The summed E-state index contributed by atoms with van der Waals surface area (Å²) in [5.41, 5.74) is 4.89. The van der Waals surface area contributed by atoms with Gasteiger partial charge in [-0.25, -0.2) is 4.98 Å². The highest BCUT2D eigenvalue weighted by atomic mass is 32.1. The highest BCUT2D eigenvalue weighted by molar-refractivity contribution is 7.09. The van der Waals surface area contributed by atoms with Gasteiger partial charge in [0.25, 0.3) is 0 Å². The zero-order chi connectivity index (χ0) is 23.9. The molecule has 2 aromatic heterocycles. The standard InChI is InChI=1S/C27H42N4OSSi/c1-27(2,3)34(4,5)31-18-24(25-17-28-19-33-25)23-15-21(16-29-26(23)31)20-7-9-22(10-8-20)30-11-6-13-32-14-12-30/h15-17,19-20,22,24H,6-14,18H2,1-5H3. The number of aromatic nitrogens is 2. The van der Waals surface area contributed by atoms with E-state index in [-0.39, 0.29) is 5.04 Å². The van der Waals surface area contributed by atoms with Gasteiger partial charge in [0.15, 0.2) is 8.24 Å². The number of hydrogen-bond acceptors (Lipinski definition) is 6. The van der Waals surface area contributed by atoms with Gasteiger partial charge < -0.3 is 9.30 Å². The van der Waals surface area contributed by atoms with E-state index in [1.165, 1.54) is 60.5 Å². The molecule has 3 aliphatic rings. The fraction of sp³-hybridized carbons (Fsp3) is 0.704. The monoisotopic (exact) mass is 498 g/mol. The molecule has 2 fully saturated rings. The van der Waals surface area contributed by atoms with Crippen LogP contribution in [0.5, 0.6) is 0 Å². The molecule has 1 saturated heterocycles. The van der Waals surface area contributed by atoms with Crippen LogP contribution in [0, 0.1) is 0 Å². The molecule has 2 aromatic rings. The predicted molar refractivity (Wildman–Crippen MR) is 145 cm³/mol. The van der Waals surface area contributed by atoms with Gasteiger partial charge in [-0.15, -0.1) is 11.3 Å². The second kappa shape index (κ2) is 9.64. The quantitative estimate of drug-likeness (QED) is 0.467. The Hall–Kier alpha value is -1.28. The second-order valence-electron chi connectivity index (χ2n) is 12.1. The van der Waals surface area contributed by atoms with E-state index < -0.39 is 8.24 Å². The highest BCUT2D eigenvalue weighted by Gasteiger charge is 2.47. The molecule has 0 aromatic carbocycles. The van der Waals surface area contributed by atoms with Crippen molar-refractivity contribution in [1.82, 2.24) is 14.9 Å². The number of nitrogens with zero attached hydrogens (tertiary/aromatic N) is 4. The molecular formula is C27H42N4OSSi. The number of thiazole rings is 1. The van der Waals surface area contributed by atoms with E-state index in [0.717, 1.165) is 32.3 Å². The lowest BCUT2D eigenvalue weighted by Crippen LogP contribution is -2.55. The maximum absolute atomic E-state index is 5.69. The van der Waals surface area contributed by atoms with Gasteiger partial charge in [0.2, 0.25) is 0 Å². The van der Waals surface area contributed by atoms with Gasteiger partial charge in [-0.05, 0) is 54.7 Å². The number of anilines is 1. The van der Waals surface area contributed by atoms with Crippen LogP contribution in [0.2, 0.25) is 18.1 Å². The third kappa shape index (κ3) is 4.61. The van der Waals surface area contributed by atoms with Crippen molar-refractivity contribution in [2.75, 3.05) is 37.4 Å². The smallest absolute Gasteiger partial charge is 0.157 e. The second-order valence-corrected chi connectivity index (χ2v) is 18.1. The molecule has 0 amide bonds. The fourth-order valence-electron chi connectivity index (χ4n) is 6.01. The molecule has 0 bridgehead atoms. The maximum Gasteiger partial charge on any atom is 0.157 e. The summed E-state index contributed by atoms with van der Waals surface area (Å²) in [5, 5.41) is 0.282. The number of ether oxygens (including phenoxy) is 1. The minimum Gasteiger partial charge on any atom is -0.381 e. The first-order valence-corrected chi connectivity index (χ1v) is 17.1. The van der Waals surface area contributed by atoms with Gasteiger partial charge >= 0.3 is 0 Å². The summed E-state index contributed by atoms with van der Waals surface area (Å²) in [6, 6.07) is 3.27. The Labute approximate surface area is 211 Å². The first-order valence-electron chi connectivity index (χ1n) is 13.2. The Morgan fingerprint density at radius 1 is 1.06 bits per heavy atom. The Bertz CT molecular complexity index is 958. The van der Waals surface area contributed by atoms with Crippen molar-refractivity contribution < 1.29 is 4.74 Å². The van der Waals surface area contributed by atoms with Crippen molar-refractivity contribution in [2.45, 2.75) is 88.9 Å². The maximum atomic E-state index is 5.69. The van der Waals surface area contributed by atoms with Crippen LogP contribution in [0.1, 0.15) is 80.7 Å². The number of pyridine rings is 1. The van der Waals surface area contributed by atoms with E-state index in [2.05, 4.69) is 66.8 Å². The molecule has 1 saturated carbocycles. The molecule has 4 heterocycles. The summed E-state index contributed by atoms with van der Waals surface area (Å²) in [6.45, 7) is 17.4. The van der Waals surface area contributed by atoms with Crippen molar-refractivity contribution in [3.63, 3.8) is 0 Å². The number of fused-ring (bicyclic) bond motifs is 1. The van der Waals surface area contributed by atoms with Crippen LogP contribution < -0.4 is 4.57 Å². The average Bonchev–Trinajstić information content (AvgIpc) is 3.39. The molecule has 0 spiro atoms. The van der Waals surface area contributed by atoms with E-state index in [1.54, 1.807) is 11.3 Å². The Kier molecular flexibility index (Phi) is 6.92. The van der Waals surface area contributed by atoms with Crippen molar-refractivity contribution in [1.29, 1.82) is 0 Å². The van der Waals surface area contributed by atoms with E-state index in [0.29, 0.717) is 11.8 Å². The van der Waals surface area contributed by atoms with Gasteiger partial charge in [0, 0.05) is 61.0 Å². The summed E-state index contributed by atoms with van der Waals surface area (Å²) in [4.78, 5) is 13.7. The van der Waals surface area contributed by atoms with Crippen molar-refractivity contribution in [2.24, 2.45) is 0 Å². The number of hydrogen-bond donors (Lipinski definition) is 0.